The van der Waals surface area contributed by atoms with Crippen LogP contribution in [0.2, 0.25) is 0 Å². The summed E-state index contributed by atoms with van der Waals surface area (Å²) in [7, 11) is 0. The number of aromatic nitrogens is 1. The Morgan fingerprint density at radius 1 is 1.35 bits per heavy atom. The van der Waals surface area contributed by atoms with Crippen LogP contribution in [0.1, 0.15) is 17.3 Å². The molecule has 0 unspecified atom stereocenters. The Morgan fingerprint density at radius 2 is 2.12 bits per heavy atom. The van der Waals surface area contributed by atoms with Gasteiger partial charge < -0.3 is 4.74 Å². The van der Waals surface area contributed by atoms with Crippen molar-refractivity contribution in [2.75, 3.05) is 6.61 Å². The third-order valence-corrected chi connectivity index (χ3v) is 1.65. The van der Waals surface area contributed by atoms with Crippen LogP contribution in [-0.2, 0) is 14.3 Å². The monoisotopic (exact) mass is 237 g/mol. The maximum atomic E-state index is 11.4. The predicted molar refractivity (Wildman–Crippen MR) is 56.5 cm³/mol. The Balaban J connectivity index is 2.34. The van der Waals surface area contributed by atoms with Crippen LogP contribution in [-0.4, -0.2) is 29.4 Å². The molecule has 90 valence electrons. The van der Waals surface area contributed by atoms with Crippen molar-refractivity contribution >= 4 is 17.8 Å². The van der Waals surface area contributed by atoms with Gasteiger partial charge in [-0.05, 0) is 12.1 Å². The summed E-state index contributed by atoms with van der Waals surface area (Å²) in [5.41, 5.74) is 4.55. The van der Waals surface area contributed by atoms with Crippen LogP contribution in [0.15, 0.2) is 24.5 Å². The van der Waals surface area contributed by atoms with Gasteiger partial charge in [0.05, 0.1) is 5.56 Å². The first-order valence-corrected chi connectivity index (χ1v) is 4.72. The average molecular weight is 237 g/mol. The number of nitrogens with zero attached hydrogens (tertiary/aromatic N) is 1. The van der Waals surface area contributed by atoms with Gasteiger partial charge in [-0.2, -0.15) is 0 Å². The third-order valence-electron chi connectivity index (χ3n) is 1.65. The molecule has 0 saturated heterocycles. The topological polar surface area (TPSA) is 97.4 Å². The van der Waals surface area contributed by atoms with Gasteiger partial charge in [0.15, 0.2) is 6.61 Å². The molecule has 7 heteroatoms. The van der Waals surface area contributed by atoms with E-state index in [2.05, 4.69) is 20.6 Å². The van der Waals surface area contributed by atoms with Gasteiger partial charge >= 0.3 is 5.97 Å². The predicted octanol–water partition coefficient (Wildman–Crippen LogP) is -0.594. The van der Waals surface area contributed by atoms with Crippen molar-refractivity contribution < 1.29 is 19.1 Å². The summed E-state index contributed by atoms with van der Waals surface area (Å²) in [5, 5.41) is 0. The van der Waals surface area contributed by atoms with Gasteiger partial charge in [0, 0.05) is 19.3 Å². The molecule has 0 aliphatic carbocycles. The second kappa shape index (κ2) is 6.21. The van der Waals surface area contributed by atoms with Gasteiger partial charge in [0.2, 0.25) is 0 Å². The standard InChI is InChI=1S/C10H11N3O4/c1-7(14)17-6-9(15)12-13-10(16)8-3-2-4-11-5-8/h2-5H,6H2,1H3,(H,12,15)(H,13,16). The molecule has 0 fully saturated rings. The number of carbonyl (C=O) groups is 3. The number of hydrogen-bond acceptors (Lipinski definition) is 5. The highest BCUT2D eigenvalue weighted by Gasteiger charge is 2.07. The smallest absolute Gasteiger partial charge is 0.303 e. The molecule has 0 aliphatic rings. The summed E-state index contributed by atoms with van der Waals surface area (Å²) in [6.07, 6.45) is 2.88. The summed E-state index contributed by atoms with van der Waals surface area (Å²) in [6, 6.07) is 3.14. The average Bonchev–Trinajstić information content (AvgIpc) is 2.34. The fraction of sp³-hybridized carbons (Fsp3) is 0.200. The number of amides is 2. The zero-order chi connectivity index (χ0) is 12.7. The first-order chi connectivity index (χ1) is 8.09. The zero-order valence-electron chi connectivity index (χ0n) is 9.10. The minimum atomic E-state index is -0.627. The number of rotatable bonds is 3. The van der Waals surface area contributed by atoms with Crippen molar-refractivity contribution in [3.05, 3.63) is 30.1 Å². The highest BCUT2D eigenvalue weighted by atomic mass is 16.5. The largest absolute Gasteiger partial charge is 0.456 e. The highest BCUT2D eigenvalue weighted by Crippen LogP contribution is 1.93. The molecule has 7 nitrogen and oxygen atoms in total. The summed E-state index contributed by atoms with van der Waals surface area (Å²) >= 11 is 0. The van der Waals surface area contributed by atoms with Gasteiger partial charge in [-0.15, -0.1) is 0 Å². The third kappa shape index (κ3) is 4.74. The molecule has 1 aromatic rings. The molecule has 1 aromatic heterocycles. The molecule has 2 N–H and O–H groups in total. The molecule has 1 heterocycles. The molecular formula is C10H11N3O4. The number of nitrogens with one attached hydrogen (secondary N) is 2. The van der Waals surface area contributed by atoms with Crippen LogP contribution >= 0.6 is 0 Å². The van der Waals surface area contributed by atoms with Crippen LogP contribution < -0.4 is 10.9 Å². The van der Waals surface area contributed by atoms with E-state index in [9.17, 15) is 14.4 Å². The molecule has 0 atom stereocenters. The van der Waals surface area contributed by atoms with Crippen molar-refractivity contribution in [3.63, 3.8) is 0 Å². The van der Waals surface area contributed by atoms with E-state index in [4.69, 9.17) is 0 Å². The van der Waals surface area contributed by atoms with E-state index in [0.29, 0.717) is 5.56 Å². The Bertz CT molecular complexity index is 419. The highest BCUT2D eigenvalue weighted by molar-refractivity contribution is 5.95. The van der Waals surface area contributed by atoms with E-state index >= 15 is 0 Å². The summed E-state index contributed by atoms with van der Waals surface area (Å²) < 4.78 is 4.43. The van der Waals surface area contributed by atoms with Crippen molar-refractivity contribution in [2.45, 2.75) is 6.92 Å². The summed E-state index contributed by atoms with van der Waals surface area (Å²) in [6.45, 7) is 0.740. The number of esters is 1. The van der Waals surface area contributed by atoms with E-state index in [1.807, 2.05) is 0 Å². The zero-order valence-corrected chi connectivity index (χ0v) is 9.10. The fourth-order valence-corrected chi connectivity index (χ4v) is 0.899. The SMILES string of the molecule is CC(=O)OCC(=O)NNC(=O)c1cccnc1. The van der Waals surface area contributed by atoms with Crippen LogP contribution in [0.5, 0.6) is 0 Å². The van der Waals surface area contributed by atoms with Crippen molar-refractivity contribution in [1.82, 2.24) is 15.8 Å². The second-order valence-electron chi connectivity index (χ2n) is 3.02. The molecular weight excluding hydrogens is 226 g/mol. The normalized spacial score (nSPS) is 9.24. The summed E-state index contributed by atoms with van der Waals surface area (Å²) in [4.78, 5) is 36.6. The lowest BCUT2D eigenvalue weighted by Crippen LogP contribution is -2.43. The molecule has 0 aliphatic heterocycles. The fourth-order valence-electron chi connectivity index (χ4n) is 0.899. The van der Waals surface area contributed by atoms with Crippen molar-refractivity contribution in [3.8, 4) is 0 Å². The molecule has 0 bridgehead atoms. The molecule has 0 saturated carbocycles. The van der Waals surface area contributed by atoms with Crippen LogP contribution in [0.25, 0.3) is 0 Å². The lowest BCUT2D eigenvalue weighted by Gasteiger charge is -2.06. The van der Waals surface area contributed by atoms with Gasteiger partial charge in [-0.1, -0.05) is 0 Å². The first-order valence-electron chi connectivity index (χ1n) is 4.72. The van der Waals surface area contributed by atoms with E-state index in [-0.39, 0.29) is 0 Å². The molecule has 17 heavy (non-hydrogen) atoms. The molecule has 0 radical (unpaired) electrons. The lowest BCUT2D eigenvalue weighted by molar-refractivity contribution is -0.146. The summed E-state index contributed by atoms with van der Waals surface area (Å²) in [5.74, 6) is -1.70. The van der Waals surface area contributed by atoms with Crippen molar-refractivity contribution in [1.29, 1.82) is 0 Å². The number of carbonyl (C=O) groups excluding carboxylic acids is 3. The minimum absolute atomic E-state index is 0.306. The van der Waals surface area contributed by atoms with Gasteiger partial charge in [0.25, 0.3) is 11.8 Å². The lowest BCUT2D eigenvalue weighted by atomic mass is 10.3. The quantitative estimate of drug-likeness (QED) is 0.540. The van der Waals surface area contributed by atoms with E-state index in [1.165, 1.54) is 19.3 Å². The minimum Gasteiger partial charge on any atom is -0.456 e. The maximum absolute atomic E-state index is 11.4. The Labute approximate surface area is 97.1 Å². The second-order valence-corrected chi connectivity index (χ2v) is 3.02. The Morgan fingerprint density at radius 3 is 2.71 bits per heavy atom. The molecule has 2 amide bonds. The molecule has 1 rings (SSSR count). The Hall–Kier alpha value is -2.44. The number of hydrazine groups is 1. The van der Waals surface area contributed by atoms with E-state index in [0.717, 1.165) is 0 Å². The van der Waals surface area contributed by atoms with E-state index in [1.54, 1.807) is 12.1 Å². The van der Waals surface area contributed by atoms with E-state index < -0.39 is 24.4 Å². The first kappa shape index (κ1) is 12.6. The Kier molecular flexibility index (Phi) is 4.61. The maximum Gasteiger partial charge on any atom is 0.303 e. The van der Waals surface area contributed by atoms with Gasteiger partial charge in [0.1, 0.15) is 0 Å². The number of pyridine rings is 1. The van der Waals surface area contributed by atoms with Crippen LogP contribution in [0.3, 0.4) is 0 Å². The number of ether oxygens (including phenoxy) is 1. The van der Waals surface area contributed by atoms with Crippen LogP contribution in [0.4, 0.5) is 0 Å². The number of hydrogen-bond donors (Lipinski definition) is 2. The van der Waals surface area contributed by atoms with Crippen molar-refractivity contribution in [2.24, 2.45) is 0 Å². The van der Waals surface area contributed by atoms with Crippen LogP contribution in [0, 0.1) is 0 Å². The molecule has 0 spiro atoms. The van der Waals surface area contributed by atoms with Gasteiger partial charge in [-0.3, -0.25) is 30.2 Å². The molecule has 0 aromatic carbocycles. The van der Waals surface area contributed by atoms with Gasteiger partial charge in [-0.25, -0.2) is 0 Å².